The molecule has 0 spiro atoms. The van der Waals surface area contributed by atoms with Crippen molar-refractivity contribution in [3.05, 3.63) is 48.6 Å². The number of benzene rings is 1. The van der Waals surface area contributed by atoms with Gasteiger partial charge in [-0.1, -0.05) is 42.3 Å². The number of likely N-dealkylation sites (tertiary alicyclic amines) is 1. The molecule has 1 amide bonds. The van der Waals surface area contributed by atoms with Gasteiger partial charge in [-0.05, 0) is 5.56 Å². The zero-order valence-corrected chi connectivity index (χ0v) is 10.1. The molecule has 1 heterocycles. The van der Waals surface area contributed by atoms with E-state index < -0.39 is 6.10 Å². The van der Waals surface area contributed by atoms with Gasteiger partial charge in [0.1, 0.15) is 0 Å². The lowest BCUT2D eigenvalue weighted by Gasteiger charge is -2.44. The van der Waals surface area contributed by atoms with Crippen LogP contribution in [0.3, 0.4) is 0 Å². The number of hydrogen-bond donors (Lipinski definition) is 0. The van der Waals surface area contributed by atoms with E-state index in [0.717, 1.165) is 5.56 Å². The molecule has 0 unspecified atom stereocenters. The Labute approximate surface area is 107 Å². The number of amides is 1. The highest BCUT2D eigenvalue weighted by molar-refractivity contribution is 5.89. The second-order valence-electron chi connectivity index (χ2n) is 4.11. The highest BCUT2D eigenvalue weighted by Gasteiger charge is 2.45. The largest absolute Gasteiger partial charge is 0.361 e. The van der Waals surface area contributed by atoms with Crippen molar-refractivity contribution in [1.29, 1.82) is 0 Å². The molecule has 1 aliphatic heterocycles. The minimum Gasteiger partial charge on any atom is -0.361 e. The van der Waals surface area contributed by atoms with Crippen LogP contribution < -0.4 is 0 Å². The highest BCUT2D eigenvalue weighted by Crippen LogP contribution is 2.24. The Hall–Kier alpha value is -2.05. The molecule has 1 aromatic rings. The van der Waals surface area contributed by atoms with Crippen molar-refractivity contribution in [1.82, 2.24) is 4.90 Å². The Morgan fingerprint density at radius 2 is 2.17 bits per heavy atom. The van der Waals surface area contributed by atoms with Crippen LogP contribution in [-0.2, 0) is 16.1 Å². The van der Waals surface area contributed by atoms with Gasteiger partial charge in [-0.25, -0.2) is 0 Å². The lowest BCUT2D eigenvalue weighted by molar-refractivity contribution is -0.169. The zero-order valence-electron chi connectivity index (χ0n) is 10.1. The summed E-state index contributed by atoms with van der Waals surface area (Å²) in [6.07, 6.45) is 6.46. The van der Waals surface area contributed by atoms with Crippen LogP contribution in [0.5, 0.6) is 0 Å². The van der Waals surface area contributed by atoms with Gasteiger partial charge in [0, 0.05) is 0 Å². The van der Waals surface area contributed by atoms with Crippen molar-refractivity contribution in [2.45, 2.75) is 18.8 Å². The summed E-state index contributed by atoms with van der Waals surface area (Å²) in [7, 11) is 0. The van der Waals surface area contributed by atoms with E-state index in [2.05, 4.69) is 12.5 Å². The second kappa shape index (κ2) is 5.52. The average molecular weight is 241 g/mol. The Kier molecular flexibility index (Phi) is 3.81. The molecular weight excluding hydrogens is 226 g/mol. The topological polar surface area (TPSA) is 29.5 Å². The first-order valence-electron chi connectivity index (χ1n) is 5.80. The van der Waals surface area contributed by atoms with E-state index in [4.69, 9.17) is 11.2 Å². The van der Waals surface area contributed by atoms with E-state index in [9.17, 15) is 4.79 Å². The van der Waals surface area contributed by atoms with Gasteiger partial charge in [-0.15, -0.1) is 13.0 Å². The van der Waals surface area contributed by atoms with E-state index >= 15 is 0 Å². The van der Waals surface area contributed by atoms with E-state index in [0.29, 0.717) is 13.2 Å². The number of ether oxygens (including phenoxy) is 1. The van der Waals surface area contributed by atoms with Crippen LogP contribution in [0, 0.1) is 12.3 Å². The molecule has 3 nitrogen and oxygen atoms in total. The first-order chi connectivity index (χ1) is 8.77. The predicted octanol–water partition coefficient (Wildman–Crippen LogP) is 1.60. The van der Waals surface area contributed by atoms with Gasteiger partial charge in [0.2, 0.25) is 0 Å². The molecule has 18 heavy (non-hydrogen) atoms. The van der Waals surface area contributed by atoms with Crippen molar-refractivity contribution in [2.75, 3.05) is 6.54 Å². The van der Waals surface area contributed by atoms with E-state index in [1.807, 2.05) is 30.3 Å². The second-order valence-corrected chi connectivity index (χ2v) is 4.11. The van der Waals surface area contributed by atoms with Crippen molar-refractivity contribution in [2.24, 2.45) is 0 Å². The molecular formula is C15H15NO2. The minimum absolute atomic E-state index is 0.0613. The highest BCUT2D eigenvalue weighted by atomic mass is 16.5. The molecule has 3 heteroatoms. The van der Waals surface area contributed by atoms with E-state index in [-0.39, 0.29) is 11.9 Å². The van der Waals surface area contributed by atoms with Crippen molar-refractivity contribution < 1.29 is 9.53 Å². The van der Waals surface area contributed by atoms with Gasteiger partial charge < -0.3 is 9.64 Å². The van der Waals surface area contributed by atoms with Crippen molar-refractivity contribution in [3.63, 3.8) is 0 Å². The Balaban J connectivity index is 1.93. The SMILES string of the molecule is C#CCN1C(=O)[C@H](OCc2ccccc2)[C@@H]1C=C. The monoisotopic (exact) mass is 241 g/mol. The van der Waals surface area contributed by atoms with Crippen LogP contribution in [0.4, 0.5) is 0 Å². The maximum atomic E-state index is 11.8. The number of rotatable bonds is 5. The van der Waals surface area contributed by atoms with Crippen LogP contribution in [-0.4, -0.2) is 29.5 Å². The molecule has 0 aliphatic carbocycles. The van der Waals surface area contributed by atoms with Gasteiger partial charge in [0.25, 0.3) is 5.91 Å². The summed E-state index contributed by atoms with van der Waals surface area (Å²) in [6, 6.07) is 9.64. The van der Waals surface area contributed by atoms with Gasteiger partial charge in [0.05, 0.1) is 19.2 Å². The first kappa shape index (κ1) is 12.4. The molecule has 1 saturated heterocycles. The van der Waals surface area contributed by atoms with Gasteiger partial charge in [-0.2, -0.15) is 0 Å². The van der Waals surface area contributed by atoms with Crippen LogP contribution in [0.2, 0.25) is 0 Å². The quantitative estimate of drug-likeness (QED) is 0.445. The number of terminal acetylenes is 1. The summed E-state index contributed by atoms with van der Waals surface area (Å²) in [5, 5.41) is 0. The molecule has 1 aromatic carbocycles. The third-order valence-corrected chi connectivity index (χ3v) is 2.97. The van der Waals surface area contributed by atoms with Crippen LogP contribution in [0.15, 0.2) is 43.0 Å². The summed E-state index contributed by atoms with van der Waals surface area (Å²) in [4.78, 5) is 13.4. The maximum absolute atomic E-state index is 11.8. The average Bonchev–Trinajstić information content (AvgIpc) is 2.42. The summed E-state index contributed by atoms with van der Waals surface area (Å²) in [5.74, 6) is 2.40. The summed E-state index contributed by atoms with van der Waals surface area (Å²) in [5.41, 5.74) is 1.04. The first-order valence-corrected chi connectivity index (χ1v) is 5.80. The number of carbonyl (C=O) groups is 1. The summed E-state index contributed by atoms with van der Waals surface area (Å²) >= 11 is 0. The molecule has 1 fully saturated rings. The van der Waals surface area contributed by atoms with Crippen LogP contribution in [0.25, 0.3) is 0 Å². The van der Waals surface area contributed by atoms with Crippen molar-refractivity contribution in [3.8, 4) is 12.3 Å². The lowest BCUT2D eigenvalue weighted by Crippen LogP contribution is -2.64. The number of carbonyl (C=O) groups excluding carboxylic acids is 1. The fourth-order valence-corrected chi connectivity index (χ4v) is 2.00. The predicted molar refractivity (Wildman–Crippen MR) is 69.6 cm³/mol. The fourth-order valence-electron chi connectivity index (χ4n) is 2.00. The van der Waals surface area contributed by atoms with Crippen LogP contribution in [0.1, 0.15) is 5.56 Å². The maximum Gasteiger partial charge on any atom is 0.255 e. The van der Waals surface area contributed by atoms with Crippen molar-refractivity contribution >= 4 is 5.91 Å². The third-order valence-electron chi connectivity index (χ3n) is 2.97. The molecule has 1 aliphatic rings. The molecule has 0 bridgehead atoms. The van der Waals surface area contributed by atoms with E-state index in [1.165, 1.54) is 0 Å². The smallest absolute Gasteiger partial charge is 0.255 e. The molecule has 0 aromatic heterocycles. The number of hydrogen-bond acceptors (Lipinski definition) is 2. The molecule has 92 valence electrons. The van der Waals surface area contributed by atoms with Gasteiger partial charge in [0.15, 0.2) is 6.10 Å². The van der Waals surface area contributed by atoms with Gasteiger partial charge in [-0.3, -0.25) is 4.79 Å². The molecule has 0 radical (unpaired) electrons. The Morgan fingerprint density at radius 3 is 2.78 bits per heavy atom. The molecule has 0 saturated carbocycles. The standard InChI is InChI=1S/C15H15NO2/c1-3-10-16-13(4-2)14(15(16)17)18-11-12-8-6-5-7-9-12/h1,4-9,13-14H,2,10-11H2/t13-,14+/m0/s1. The Morgan fingerprint density at radius 1 is 1.44 bits per heavy atom. The Bertz CT molecular complexity index is 475. The third kappa shape index (κ3) is 2.29. The molecule has 2 atom stereocenters. The fraction of sp³-hybridized carbons (Fsp3) is 0.267. The normalized spacial score (nSPS) is 22.2. The lowest BCUT2D eigenvalue weighted by atomic mass is 9.98. The van der Waals surface area contributed by atoms with E-state index in [1.54, 1.807) is 11.0 Å². The van der Waals surface area contributed by atoms with Gasteiger partial charge >= 0.3 is 0 Å². The van der Waals surface area contributed by atoms with Crippen LogP contribution >= 0.6 is 0 Å². The summed E-state index contributed by atoms with van der Waals surface area (Å²) < 4.78 is 5.63. The number of β-lactam (4-membered cyclic amide) rings is 1. The zero-order chi connectivity index (χ0) is 13.0. The summed E-state index contributed by atoms with van der Waals surface area (Å²) in [6.45, 7) is 4.44. The molecule has 2 rings (SSSR count). The minimum atomic E-state index is -0.448. The number of nitrogens with zero attached hydrogens (tertiary/aromatic N) is 1. The molecule has 0 N–H and O–H groups in total.